The van der Waals surface area contributed by atoms with Crippen molar-refractivity contribution >= 4 is 24.3 Å². The van der Waals surface area contributed by atoms with E-state index in [1.807, 2.05) is 36.4 Å². The number of rotatable bonds is 7. The zero-order valence-electron chi connectivity index (χ0n) is 17.9. The molecule has 3 heterocycles. The van der Waals surface area contributed by atoms with Crippen LogP contribution in [0.3, 0.4) is 0 Å². The molecule has 1 aliphatic rings. The topological polar surface area (TPSA) is 63.9 Å². The third kappa shape index (κ3) is 5.82. The van der Waals surface area contributed by atoms with Crippen molar-refractivity contribution in [1.29, 1.82) is 5.26 Å². The molecule has 0 amide bonds. The van der Waals surface area contributed by atoms with Crippen LogP contribution < -0.4 is 0 Å². The highest BCUT2D eigenvalue weighted by Gasteiger charge is 2.12. The van der Waals surface area contributed by atoms with Gasteiger partial charge in [-0.15, -0.1) is 0 Å². The summed E-state index contributed by atoms with van der Waals surface area (Å²) in [5, 5.41) is 16.4. The molecule has 6 heteroatoms. The lowest BCUT2D eigenvalue weighted by atomic mass is 10.1. The molecule has 158 valence electrons. The molecular weight excluding hydrogens is 384 g/mol. The molecule has 1 N–H and O–H groups in total. The van der Waals surface area contributed by atoms with Crippen LogP contribution >= 0.6 is 0 Å². The van der Waals surface area contributed by atoms with E-state index < -0.39 is 0 Å². The van der Waals surface area contributed by atoms with Gasteiger partial charge in [-0.3, -0.25) is 9.67 Å². The molecule has 4 rings (SSSR count). The summed E-state index contributed by atoms with van der Waals surface area (Å²) in [4.78, 5) is 4.94. The molecule has 0 aliphatic carbocycles. The SMILES string of the molecule is CN1CCN(CCc2ccc(/C=C/c3cc(/C=C/c4cccn4C#N)[nH]n3)cc2)CC1. The first-order valence-corrected chi connectivity index (χ1v) is 10.7. The van der Waals surface area contributed by atoms with Crippen molar-refractivity contribution in [1.82, 2.24) is 24.6 Å². The molecule has 0 unspecified atom stereocenters. The largest absolute Gasteiger partial charge is 0.304 e. The zero-order chi connectivity index (χ0) is 21.5. The Balaban J connectivity index is 1.29. The second kappa shape index (κ2) is 10.1. The highest BCUT2D eigenvalue weighted by molar-refractivity contribution is 5.71. The second-order valence-electron chi connectivity index (χ2n) is 7.95. The molecule has 1 aromatic carbocycles. The van der Waals surface area contributed by atoms with E-state index in [0.717, 1.165) is 35.6 Å². The Kier molecular flexibility index (Phi) is 6.78. The summed E-state index contributed by atoms with van der Waals surface area (Å²) in [6.07, 6.45) is 12.8. The molecular formula is C25H28N6. The van der Waals surface area contributed by atoms with E-state index in [1.165, 1.54) is 36.3 Å². The van der Waals surface area contributed by atoms with E-state index in [0.29, 0.717) is 0 Å². The van der Waals surface area contributed by atoms with Gasteiger partial charge in [0.05, 0.1) is 17.1 Å². The summed E-state index contributed by atoms with van der Waals surface area (Å²) in [6, 6.07) is 14.5. The molecule has 0 spiro atoms. The van der Waals surface area contributed by atoms with Crippen LogP contribution in [0.2, 0.25) is 0 Å². The Labute approximate surface area is 183 Å². The zero-order valence-corrected chi connectivity index (χ0v) is 17.9. The molecule has 1 fully saturated rings. The lowest BCUT2D eigenvalue weighted by Crippen LogP contribution is -2.45. The Morgan fingerprint density at radius 1 is 1.03 bits per heavy atom. The number of hydrogen-bond donors (Lipinski definition) is 1. The molecule has 0 atom stereocenters. The first-order chi connectivity index (χ1) is 15.2. The lowest BCUT2D eigenvalue weighted by molar-refractivity contribution is 0.155. The van der Waals surface area contributed by atoms with Crippen LogP contribution in [0.25, 0.3) is 24.3 Å². The highest BCUT2D eigenvalue weighted by Crippen LogP contribution is 2.12. The molecule has 1 saturated heterocycles. The summed E-state index contributed by atoms with van der Waals surface area (Å²) >= 11 is 0. The monoisotopic (exact) mass is 412 g/mol. The fourth-order valence-corrected chi connectivity index (χ4v) is 3.66. The number of aromatic amines is 1. The molecule has 1 aliphatic heterocycles. The maximum atomic E-state index is 9.05. The normalized spacial score (nSPS) is 15.7. The molecule has 6 nitrogen and oxygen atoms in total. The van der Waals surface area contributed by atoms with E-state index >= 15 is 0 Å². The van der Waals surface area contributed by atoms with Gasteiger partial charge in [0.15, 0.2) is 6.19 Å². The summed E-state index contributed by atoms with van der Waals surface area (Å²) in [5.41, 5.74) is 5.14. The van der Waals surface area contributed by atoms with Gasteiger partial charge in [0.1, 0.15) is 0 Å². The van der Waals surface area contributed by atoms with E-state index in [4.69, 9.17) is 5.26 Å². The third-order valence-corrected chi connectivity index (χ3v) is 5.68. The standard InChI is InChI=1S/C25H28N6/c1-29-15-17-30(18-16-29)14-12-22-6-4-21(5-7-22)8-9-23-19-24(28-27-23)10-11-25-3-2-13-31(25)20-26/h2-11,13,19H,12,14-18H2,1H3,(H,27,28)/b9-8+,11-10+. The Bertz CT molecular complexity index is 1070. The van der Waals surface area contributed by atoms with Crippen LogP contribution in [0.1, 0.15) is 28.2 Å². The predicted octanol–water partition coefficient (Wildman–Crippen LogP) is 3.67. The van der Waals surface area contributed by atoms with Crippen LogP contribution in [0.15, 0.2) is 48.7 Å². The summed E-state index contributed by atoms with van der Waals surface area (Å²) in [7, 11) is 2.19. The minimum absolute atomic E-state index is 0.835. The van der Waals surface area contributed by atoms with Crippen LogP contribution in [0.5, 0.6) is 0 Å². The fraction of sp³-hybridized carbons (Fsp3) is 0.280. The van der Waals surface area contributed by atoms with Gasteiger partial charge in [-0.05, 0) is 61.0 Å². The van der Waals surface area contributed by atoms with E-state index in [1.54, 1.807) is 6.20 Å². The Hall–Kier alpha value is -3.40. The van der Waals surface area contributed by atoms with Crippen molar-refractivity contribution in [2.45, 2.75) is 6.42 Å². The third-order valence-electron chi connectivity index (χ3n) is 5.68. The number of nitriles is 1. The van der Waals surface area contributed by atoms with Crippen molar-refractivity contribution < 1.29 is 0 Å². The minimum atomic E-state index is 0.835. The number of nitrogens with zero attached hydrogens (tertiary/aromatic N) is 5. The second-order valence-corrected chi connectivity index (χ2v) is 7.95. The van der Waals surface area contributed by atoms with Crippen molar-refractivity contribution in [2.24, 2.45) is 0 Å². The van der Waals surface area contributed by atoms with Gasteiger partial charge < -0.3 is 9.80 Å². The number of H-pyrrole nitrogens is 1. The first-order valence-electron chi connectivity index (χ1n) is 10.7. The summed E-state index contributed by atoms with van der Waals surface area (Å²) in [5.74, 6) is 0. The molecule has 3 aromatic rings. The average molecular weight is 413 g/mol. The van der Waals surface area contributed by atoms with Crippen LogP contribution in [0.4, 0.5) is 0 Å². The molecule has 0 saturated carbocycles. The number of nitrogens with one attached hydrogen (secondary N) is 1. The van der Waals surface area contributed by atoms with Gasteiger partial charge in [-0.25, -0.2) is 0 Å². The van der Waals surface area contributed by atoms with E-state index in [-0.39, 0.29) is 0 Å². The predicted molar refractivity (Wildman–Crippen MR) is 126 cm³/mol. The molecule has 0 bridgehead atoms. The molecule has 2 aromatic heterocycles. The van der Waals surface area contributed by atoms with Crippen molar-refractivity contribution in [3.63, 3.8) is 0 Å². The van der Waals surface area contributed by atoms with Gasteiger partial charge in [-0.2, -0.15) is 10.4 Å². The first kappa shape index (κ1) is 20.9. The number of piperazine rings is 1. The maximum Gasteiger partial charge on any atom is 0.188 e. The minimum Gasteiger partial charge on any atom is -0.304 e. The summed E-state index contributed by atoms with van der Waals surface area (Å²) in [6.45, 7) is 5.81. The van der Waals surface area contributed by atoms with Gasteiger partial charge >= 0.3 is 0 Å². The van der Waals surface area contributed by atoms with Gasteiger partial charge in [0, 0.05) is 38.9 Å². The average Bonchev–Trinajstić information content (AvgIpc) is 3.45. The fourth-order valence-electron chi connectivity index (χ4n) is 3.66. The number of aromatic nitrogens is 3. The highest BCUT2D eigenvalue weighted by atomic mass is 15.2. The molecule has 0 radical (unpaired) electrons. The van der Waals surface area contributed by atoms with Crippen molar-refractivity contribution in [2.75, 3.05) is 39.8 Å². The van der Waals surface area contributed by atoms with Crippen molar-refractivity contribution in [3.8, 4) is 6.19 Å². The maximum absolute atomic E-state index is 9.05. The van der Waals surface area contributed by atoms with Crippen LogP contribution in [-0.4, -0.2) is 64.3 Å². The van der Waals surface area contributed by atoms with Crippen LogP contribution in [0, 0.1) is 11.5 Å². The number of benzene rings is 1. The lowest BCUT2D eigenvalue weighted by Gasteiger charge is -2.32. The van der Waals surface area contributed by atoms with Crippen molar-refractivity contribution in [3.05, 3.63) is 76.9 Å². The quantitative estimate of drug-likeness (QED) is 0.643. The van der Waals surface area contributed by atoms with Gasteiger partial charge in [0.25, 0.3) is 0 Å². The Morgan fingerprint density at radius 3 is 2.61 bits per heavy atom. The Morgan fingerprint density at radius 2 is 1.84 bits per heavy atom. The molecule has 31 heavy (non-hydrogen) atoms. The number of hydrogen-bond acceptors (Lipinski definition) is 4. The van der Waals surface area contributed by atoms with Gasteiger partial charge in [0.2, 0.25) is 0 Å². The van der Waals surface area contributed by atoms with Crippen LogP contribution in [-0.2, 0) is 6.42 Å². The van der Waals surface area contributed by atoms with Gasteiger partial charge in [-0.1, -0.05) is 30.3 Å². The van der Waals surface area contributed by atoms with E-state index in [9.17, 15) is 0 Å². The number of likely N-dealkylation sites (N-methyl/N-ethyl adjacent to an activating group) is 1. The van der Waals surface area contributed by atoms with E-state index in [2.05, 4.69) is 63.6 Å². The smallest absolute Gasteiger partial charge is 0.188 e. The summed E-state index contributed by atoms with van der Waals surface area (Å²) < 4.78 is 1.52.